The summed E-state index contributed by atoms with van der Waals surface area (Å²) in [5, 5.41) is 20.4. The van der Waals surface area contributed by atoms with Gasteiger partial charge >= 0.3 is 6.18 Å². The van der Waals surface area contributed by atoms with Gasteiger partial charge in [-0.25, -0.2) is 12.8 Å². The Morgan fingerprint density at radius 2 is 1.86 bits per heavy atom. The highest BCUT2D eigenvalue weighted by atomic mass is 32.2. The van der Waals surface area contributed by atoms with Crippen molar-refractivity contribution in [3.63, 3.8) is 0 Å². The van der Waals surface area contributed by atoms with Crippen molar-refractivity contribution >= 4 is 21.4 Å². The molecule has 1 atom stereocenters. The Morgan fingerprint density at radius 1 is 1.28 bits per heavy atom. The van der Waals surface area contributed by atoms with Crippen LogP contribution in [0.1, 0.15) is 23.5 Å². The van der Waals surface area contributed by atoms with Crippen LogP contribution in [0.3, 0.4) is 0 Å². The van der Waals surface area contributed by atoms with Crippen molar-refractivity contribution in [2.45, 2.75) is 22.7 Å². The van der Waals surface area contributed by atoms with Gasteiger partial charge in [-0.15, -0.1) is 0 Å². The third kappa shape index (κ3) is 4.23. The van der Waals surface area contributed by atoms with E-state index < -0.39 is 85.0 Å². The van der Waals surface area contributed by atoms with Crippen LogP contribution < -0.4 is 5.32 Å². The number of alkyl halides is 3. The molecule has 0 aliphatic carbocycles. The average Bonchev–Trinajstić information content (AvgIpc) is 2.74. The number of anilines is 1. The van der Waals surface area contributed by atoms with E-state index in [1.807, 2.05) is 5.32 Å². The maximum Gasteiger partial charge on any atom is 0.417 e. The Hall–Kier alpha value is -2.97. The quantitative estimate of drug-likeness (QED) is 0.556. The lowest BCUT2D eigenvalue weighted by Gasteiger charge is -2.26. The molecule has 0 aromatic heterocycles. The van der Waals surface area contributed by atoms with E-state index in [0.717, 1.165) is 12.1 Å². The van der Waals surface area contributed by atoms with Crippen LogP contribution in [0.4, 0.5) is 23.2 Å². The molecule has 6 nitrogen and oxygen atoms in total. The topological polar surface area (TPSA) is 107 Å². The molecule has 0 aliphatic rings. The molecule has 2 aromatic rings. The highest BCUT2D eigenvalue weighted by molar-refractivity contribution is 7.93. The number of nitrogens with one attached hydrogen (secondary N) is 1. The van der Waals surface area contributed by atoms with Crippen LogP contribution in [-0.4, -0.2) is 30.8 Å². The Bertz CT molecular complexity index is 1270. The van der Waals surface area contributed by atoms with Crippen LogP contribution in [0, 0.1) is 17.1 Å². The Balaban J connectivity index is 2.63. The summed E-state index contributed by atoms with van der Waals surface area (Å²) in [5.74, 6) is -3.22. The van der Waals surface area contributed by atoms with Gasteiger partial charge in [-0.3, -0.25) is 4.79 Å². The SMILES string of the molecule is [2H]c1c([2H])c(S(=O)(=O)C(C)(CO)C(=O)Nc2ccc(C#N)c(C(F)(F)F)c2)c([2H])c([2H])c1F. The van der Waals surface area contributed by atoms with Crippen molar-refractivity contribution in [2.75, 3.05) is 11.9 Å². The Morgan fingerprint density at radius 3 is 2.34 bits per heavy atom. The molecule has 0 aliphatic heterocycles. The third-order valence-corrected chi connectivity index (χ3v) is 6.16. The van der Waals surface area contributed by atoms with Crippen molar-refractivity contribution in [3.8, 4) is 6.07 Å². The fraction of sp³-hybridized carbons (Fsp3) is 0.222. The number of benzene rings is 2. The maximum absolute atomic E-state index is 13.8. The van der Waals surface area contributed by atoms with Gasteiger partial charge in [0.05, 0.1) is 34.2 Å². The number of sulfone groups is 1. The normalized spacial score (nSPS) is 15.9. The summed E-state index contributed by atoms with van der Waals surface area (Å²) in [6.07, 6.45) is -4.98. The molecule has 2 N–H and O–H groups in total. The minimum Gasteiger partial charge on any atom is -0.394 e. The lowest BCUT2D eigenvalue weighted by atomic mass is 10.1. The molecular formula is C18H14F4N2O4S. The molecule has 0 fully saturated rings. The van der Waals surface area contributed by atoms with E-state index in [9.17, 15) is 35.9 Å². The number of carbonyl (C=O) groups is 1. The molecule has 29 heavy (non-hydrogen) atoms. The molecule has 2 rings (SSSR count). The first-order valence-corrected chi connectivity index (χ1v) is 9.07. The summed E-state index contributed by atoms with van der Waals surface area (Å²) in [4.78, 5) is 11.4. The Kier molecular flexibility index (Phi) is 4.56. The number of amides is 1. The molecule has 0 radical (unpaired) electrons. The molecule has 0 heterocycles. The van der Waals surface area contributed by atoms with E-state index in [2.05, 4.69) is 0 Å². The minimum atomic E-state index is -5.26. The number of carbonyl (C=O) groups excluding carboxylic acids is 1. The zero-order chi connectivity index (χ0) is 25.5. The van der Waals surface area contributed by atoms with E-state index >= 15 is 0 Å². The number of rotatable bonds is 5. The van der Waals surface area contributed by atoms with E-state index in [0.29, 0.717) is 13.0 Å². The van der Waals surface area contributed by atoms with Gasteiger partial charge in [-0.1, -0.05) is 0 Å². The van der Waals surface area contributed by atoms with Crippen LogP contribution in [0.5, 0.6) is 0 Å². The molecule has 1 amide bonds. The standard InChI is InChI=1S/C18H14F4N2O4S/c1-17(10-25,29(27,28)14-6-3-12(19)4-7-14)16(26)24-13-5-2-11(9-23)15(8-13)18(20,21)22/h2-8,25H,10H2,1H3,(H,24,26)/i3D,4D,6D,7D. The number of aliphatic hydroxyl groups is 1. The number of nitrogens with zero attached hydrogens (tertiary/aromatic N) is 1. The number of hydrogen-bond donors (Lipinski definition) is 2. The first kappa shape index (κ1) is 16.9. The fourth-order valence-electron chi connectivity index (χ4n) is 2.14. The van der Waals surface area contributed by atoms with Crippen molar-refractivity contribution in [2.24, 2.45) is 0 Å². The van der Waals surface area contributed by atoms with Gasteiger partial charge in [0.15, 0.2) is 14.6 Å². The number of halogens is 4. The van der Waals surface area contributed by atoms with Gasteiger partial charge in [0.1, 0.15) is 5.82 Å². The fourth-order valence-corrected chi connectivity index (χ4v) is 3.43. The molecule has 0 saturated heterocycles. The summed E-state index contributed by atoms with van der Waals surface area (Å²) < 4.78 is 107. The summed E-state index contributed by atoms with van der Waals surface area (Å²) in [5.41, 5.74) is -2.78. The van der Waals surface area contributed by atoms with Crippen LogP contribution in [-0.2, 0) is 20.8 Å². The molecule has 2 aromatic carbocycles. The predicted octanol–water partition coefficient (Wildman–Crippen LogP) is 2.88. The summed E-state index contributed by atoms with van der Waals surface area (Å²) in [6.45, 7) is -0.845. The zero-order valence-corrected chi connectivity index (χ0v) is 15.3. The number of aliphatic hydroxyl groups excluding tert-OH is 1. The van der Waals surface area contributed by atoms with Crippen molar-refractivity contribution in [1.82, 2.24) is 0 Å². The molecule has 0 spiro atoms. The highest BCUT2D eigenvalue weighted by Crippen LogP contribution is 2.34. The minimum absolute atomic E-state index is 0.369. The molecule has 0 saturated carbocycles. The van der Waals surface area contributed by atoms with E-state index in [4.69, 9.17) is 10.7 Å². The van der Waals surface area contributed by atoms with Gasteiger partial charge in [0, 0.05) is 5.69 Å². The van der Waals surface area contributed by atoms with Crippen LogP contribution in [0.15, 0.2) is 47.3 Å². The second kappa shape index (κ2) is 7.81. The molecule has 1 unspecified atom stereocenters. The molecule has 154 valence electrons. The smallest absolute Gasteiger partial charge is 0.394 e. The second-order valence-corrected chi connectivity index (χ2v) is 8.18. The van der Waals surface area contributed by atoms with Gasteiger partial charge < -0.3 is 10.4 Å². The average molecular weight is 434 g/mol. The summed E-state index contributed by atoms with van der Waals surface area (Å²) in [7, 11) is -5.26. The van der Waals surface area contributed by atoms with Crippen molar-refractivity contribution < 1.29 is 41.4 Å². The van der Waals surface area contributed by atoms with Crippen molar-refractivity contribution in [1.29, 1.82) is 5.26 Å². The van der Waals surface area contributed by atoms with Crippen LogP contribution in [0.2, 0.25) is 0 Å². The number of nitriles is 1. The van der Waals surface area contributed by atoms with Crippen LogP contribution >= 0.6 is 0 Å². The summed E-state index contributed by atoms with van der Waals surface area (Å²) in [6, 6.07) is -2.04. The van der Waals surface area contributed by atoms with Crippen molar-refractivity contribution in [3.05, 3.63) is 59.3 Å². The van der Waals surface area contributed by atoms with E-state index in [1.165, 1.54) is 6.07 Å². The summed E-state index contributed by atoms with van der Waals surface area (Å²) >= 11 is 0. The van der Waals surface area contributed by atoms with Gasteiger partial charge in [-0.2, -0.15) is 18.4 Å². The number of hydrogen-bond acceptors (Lipinski definition) is 5. The zero-order valence-electron chi connectivity index (χ0n) is 18.5. The van der Waals surface area contributed by atoms with Gasteiger partial charge in [0.25, 0.3) is 0 Å². The molecule has 11 heteroatoms. The monoisotopic (exact) mass is 434 g/mol. The third-order valence-electron chi connectivity index (χ3n) is 3.92. The van der Waals surface area contributed by atoms with Crippen LogP contribution in [0.25, 0.3) is 0 Å². The Labute approximate surface area is 168 Å². The van der Waals surface area contributed by atoms with Gasteiger partial charge in [0.2, 0.25) is 5.91 Å². The highest BCUT2D eigenvalue weighted by Gasteiger charge is 2.47. The largest absolute Gasteiger partial charge is 0.417 e. The lowest BCUT2D eigenvalue weighted by Crippen LogP contribution is -2.50. The molecule has 0 bridgehead atoms. The lowest BCUT2D eigenvalue weighted by molar-refractivity contribution is -0.137. The predicted molar refractivity (Wildman–Crippen MR) is 93.9 cm³/mol. The first-order valence-electron chi connectivity index (χ1n) is 9.58. The van der Waals surface area contributed by atoms with E-state index in [-0.39, 0.29) is 0 Å². The van der Waals surface area contributed by atoms with Gasteiger partial charge in [-0.05, 0) is 49.3 Å². The maximum atomic E-state index is 13.8. The van der Waals surface area contributed by atoms with E-state index in [1.54, 1.807) is 0 Å². The second-order valence-electron chi connectivity index (χ2n) is 5.86. The first-order chi connectivity index (χ1) is 15.0. The molecular weight excluding hydrogens is 416 g/mol.